The average Bonchev–Trinajstić information content (AvgIpc) is 2.69. The third kappa shape index (κ3) is 4.50. The zero-order chi connectivity index (χ0) is 19.4. The van der Waals surface area contributed by atoms with Gasteiger partial charge in [-0.3, -0.25) is 0 Å². The largest absolute Gasteiger partial charge is 0.368 e. The Balaban J connectivity index is 1.86. The molecular formula is C21H29N3O2S. The van der Waals surface area contributed by atoms with Gasteiger partial charge in [-0.2, -0.15) is 4.31 Å². The summed E-state index contributed by atoms with van der Waals surface area (Å²) in [5, 5.41) is 3.35. The van der Waals surface area contributed by atoms with Crippen molar-refractivity contribution in [1.29, 1.82) is 0 Å². The number of nitrogens with one attached hydrogen (secondary N) is 1. The van der Waals surface area contributed by atoms with Gasteiger partial charge < -0.3 is 5.32 Å². The summed E-state index contributed by atoms with van der Waals surface area (Å²) < 4.78 is 28.1. The van der Waals surface area contributed by atoms with Crippen LogP contribution in [0.15, 0.2) is 47.5 Å². The maximum absolute atomic E-state index is 13.2. The molecule has 0 unspecified atom stereocenters. The van der Waals surface area contributed by atoms with Crippen LogP contribution in [0.25, 0.3) is 0 Å². The molecule has 1 fully saturated rings. The molecule has 0 spiro atoms. The van der Waals surface area contributed by atoms with E-state index in [0.29, 0.717) is 17.5 Å². The highest BCUT2D eigenvalue weighted by molar-refractivity contribution is 7.89. The quantitative estimate of drug-likeness (QED) is 0.792. The van der Waals surface area contributed by atoms with Crippen LogP contribution in [0.2, 0.25) is 0 Å². The molecular weight excluding hydrogens is 358 g/mol. The Morgan fingerprint density at radius 3 is 2.56 bits per heavy atom. The summed E-state index contributed by atoms with van der Waals surface area (Å²) in [5.74, 6) is 0.830. The van der Waals surface area contributed by atoms with E-state index in [0.717, 1.165) is 42.6 Å². The van der Waals surface area contributed by atoms with Gasteiger partial charge in [-0.05, 0) is 56.9 Å². The summed E-state index contributed by atoms with van der Waals surface area (Å²) >= 11 is 0. The second-order valence-corrected chi connectivity index (χ2v) is 9.26. The van der Waals surface area contributed by atoms with Gasteiger partial charge in [0, 0.05) is 18.8 Å². The van der Waals surface area contributed by atoms with E-state index in [1.807, 2.05) is 37.4 Å². The molecule has 146 valence electrons. The molecule has 2 aromatic rings. The van der Waals surface area contributed by atoms with E-state index in [2.05, 4.69) is 24.1 Å². The second-order valence-electron chi connectivity index (χ2n) is 7.37. The van der Waals surface area contributed by atoms with Gasteiger partial charge in [0.25, 0.3) is 0 Å². The Morgan fingerprint density at radius 2 is 1.93 bits per heavy atom. The lowest BCUT2D eigenvalue weighted by Gasteiger charge is -2.35. The van der Waals surface area contributed by atoms with Crippen LogP contribution in [-0.4, -0.2) is 30.3 Å². The van der Waals surface area contributed by atoms with Crippen molar-refractivity contribution in [1.82, 2.24) is 9.29 Å². The normalized spacial score (nSPS) is 19.6. The summed E-state index contributed by atoms with van der Waals surface area (Å²) in [6.45, 7) is 6.75. The van der Waals surface area contributed by atoms with Crippen LogP contribution in [0.4, 0.5) is 5.82 Å². The van der Waals surface area contributed by atoms with Crippen LogP contribution in [0.3, 0.4) is 0 Å². The number of rotatable bonds is 6. The summed E-state index contributed by atoms with van der Waals surface area (Å²) in [5.41, 5.74) is 2.01. The molecule has 1 aromatic heterocycles. The second kappa shape index (κ2) is 8.40. The van der Waals surface area contributed by atoms with E-state index in [-0.39, 0.29) is 6.04 Å². The minimum atomic E-state index is -3.52. The van der Waals surface area contributed by atoms with Crippen LogP contribution in [0, 0.1) is 6.92 Å². The zero-order valence-electron chi connectivity index (χ0n) is 16.4. The number of hydrogen-bond acceptors (Lipinski definition) is 4. The number of nitrogens with zero attached hydrogens (tertiary/aromatic N) is 2. The highest BCUT2D eigenvalue weighted by Crippen LogP contribution is 2.35. The van der Waals surface area contributed by atoms with Crippen molar-refractivity contribution in [2.45, 2.75) is 63.4 Å². The molecule has 0 aliphatic carbocycles. The molecule has 1 aliphatic heterocycles. The molecule has 2 atom stereocenters. The number of benzene rings is 1. The third-order valence-corrected chi connectivity index (χ3v) is 7.18. The maximum atomic E-state index is 13.2. The SMILES string of the molecule is CC[C@H](C)Nc1ccc([C@@H]2CCCCN2S(=O)(=O)c2ccc(C)cc2)cn1. The number of piperidine rings is 1. The molecule has 0 bridgehead atoms. The number of anilines is 1. The van der Waals surface area contributed by atoms with Crippen LogP contribution in [0.5, 0.6) is 0 Å². The standard InChI is InChI=1S/C21H29N3O2S/c1-4-17(3)23-21-13-10-18(15-22-21)20-7-5-6-14-24(20)27(25,26)19-11-8-16(2)9-12-19/h8-13,15,17,20H,4-7,14H2,1-3H3,(H,22,23)/t17-,20-/m0/s1. The fourth-order valence-corrected chi connectivity index (χ4v) is 5.10. The number of sulfonamides is 1. The Labute approximate surface area is 162 Å². The summed E-state index contributed by atoms with van der Waals surface area (Å²) in [7, 11) is -3.52. The number of aromatic nitrogens is 1. The lowest BCUT2D eigenvalue weighted by atomic mass is 9.99. The van der Waals surface area contributed by atoms with Gasteiger partial charge in [0.05, 0.1) is 10.9 Å². The first-order chi connectivity index (χ1) is 12.9. The van der Waals surface area contributed by atoms with Crippen LogP contribution in [0.1, 0.15) is 56.7 Å². The number of hydrogen-bond donors (Lipinski definition) is 1. The van der Waals surface area contributed by atoms with E-state index in [9.17, 15) is 8.42 Å². The Morgan fingerprint density at radius 1 is 1.19 bits per heavy atom. The van der Waals surface area contributed by atoms with Gasteiger partial charge >= 0.3 is 0 Å². The molecule has 0 amide bonds. The van der Waals surface area contributed by atoms with Gasteiger partial charge in [0.1, 0.15) is 5.82 Å². The van der Waals surface area contributed by atoms with Crippen LogP contribution in [-0.2, 0) is 10.0 Å². The smallest absolute Gasteiger partial charge is 0.243 e. The van der Waals surface area contributed by atoms with Crippen molar-refractivity contribution >= 4 is 15.8 Å². The monoisotopic (exact) mass is 387 g/mol. The molecule has 6 heteroatoms. The summed E-state index contributed by atoms with van der Waals surface area (Å²) in [6, 6.07) is 11.3. The van der Waals surface area contributed by atoms with Crippen molar-refractivity contribution in [2.24, 2.45) is 0 Å². The number of pyridine rings is 1. The van der Waals surface area contributed by atoms with E-state index < -0.39 is 10.0 Å². The third-order valence-electron chi connectivity index (χ3n) is 5.26. The minimum Gasteiger partial charge on any atom is -0.368 e. The highest BCUT2D eigenvalue weighted by Gasteiger charge is 2.34. The predicted molar refractivity (Wildman–Crippen MR) is 109 cm³/mol. The van der Waals surface area contributed by atoms with E-state index in [1.54, 1.807) is 16.4 Å². The topological polar surface area (TPSA) is 62.3 Å². The molecule has 3 rings (SSSR count). The first-order valence-electron chi connectivity index (χ1n) is 9.73. The first-order valence-corrected chi connectivity index (χ1v) is 11.2. The van der Waals surface area contributed by atoms with Crippen LogP contribution >= 0.6 is 0 Å². The summed E-state index contributed by atoms with van der Waals surface area (Å²) in [6.07, 6.45) is 5.58. The molecule has 27 heavy (non-hydrogen) atoms. The fourth-order valence-electron chi connectivity index (χ4n) is 3.41. The van der Waals surface area contributed by atoms with Crippen molar-refractivity contribution in [3.05, 3.63) is 53.7 Å². The van der Waals surface area contributed by atoms with Crippen molar-refractivity contribution in [3.63, 3.8) is 0 Å². The van der Waals surface area contributed by atoms with E-state index >= 15 is 0 Å². The Bertz CT molecular complexity index is 848. The van der Waals surface area contributed by atoms with Gasteiger partial charge in [0.2, 0.25) is 10.0 Å². The zero-order valence-corrected chi connectivity index (χ0v) is 17.2. The highest BCUT2D eigenvalue weighted by atomic mass is 32.2. The maximum Gasteiger partial charge on any atom is 0.243 e. The first kappa shape index (κ1) is 19.8. The van der Waals surface area contributed by atoms with Crippen molar-refractivity contribution in [2.75, 3.05) is 11.9 Å². The van der Waals surface area contributed by atoms with Crippen molar-refractivity contribution in [3.8, 4) is 0 Å². The van der Waals surface area contributed by atoms with E-state index in [1.165, 1.54) is 0 Å². The molecule has 1 aromatic carbocycles. The fraction of sp³-hybridized carbons (Fsp3) is 0.476. The lowest BCUT2D eigenvalue weighted by molar-refractivity contribution is 0.255. The average molecular weight is 388 g/mol. The molecule has 0 saturated carbocycles. The Kier molecular flexibility index (Phi) is 6.17. The van der Waals surface area contributed by atoms with Crippen LogP contribution < -0.4 is 5.32 Å². The van der Waals surface area contributed by atoms with E-state index in [4.69, 9.17) is 0 Å². The van der Waals surface area contributed by atoms with Gasteiger partial charge in [-0.1, -0.05) is 37.1 Å². The Hall–Kier alpha value is -1.92. The molecule has 2 heterocycles. The van der Waals surface area contributed by atoms with Gasteiger partial charge in [-0.15, -0.1) is 0 Å². The minimum absolute atomic E-state index is 0.157. The lowest BCUT2D eigenvalue weighted by Crippen LogP contribution is -2.38. The molecule has 1 aliphatic rings. The number of aryl methyl sites for hydroxylation is 1. The summed E-state index contributed by atoms with van der Waals surface area (Å²) in [4.78, 5) is 4.87. The van der Waals surface area contributed by atoms with Crippen molar-refractivity contribution < 1.29 is 8.42 Å². The van der Waals surface area contributed by atoms with Gasteiger partial charge in [0.15, 0.2) is 0 Å². The van der Waals surface area contributed by atoms with Gasteiger partial charge in [-0.25, -0.2) is 13.4 Å². The predicted octanol–water partition coefficient (Wildman–Crippen LogP) is 4.52. The molecule has 0 radical (unpaired) electrons. The molecule has 1 N–H and O–H groups in total. The molecule has 5 nitrogen and oxygen atoms in total. The molecule has 1 saturated heterocycles.